The van der Waals surface area contributed by atoms with Crippen LogP contribution < -0.4 is 10.1 Å². The molecular formula is C16H17Cl2F3N4O. The van der Waals surface area contributed by atoms with Gasteiger partial charge >= 0.3 is 6.18 Å². The van der Waals surface area contributed by atoms with E-state index in [1.807, 2.05) is 6.92 Å². The van der Waals surface area contributed by atoms with E-state index in [9.17, 15) is 13.2 Å². The van der Waals surface area contributed by atoms with E-state index in [-0.39, 0.29) is 23.6 Å². The molecule has 0 aliphatic rings. The second-order valence-corrected chi connectivity index (χ2v) is 6.38. The molecular weight excluding hydrogens is 392 g/mol. The molecule has 2 aromatic rings. The van der Waals surface area contributed by atoms with Crippen LogP contribution in [-0.2, 0) is 12.6 Å². The molecule has 1 unspecified atom stereocenters. The van der Waals surface area contributed by atoms with Crippen molar-refractivity contribution in [3.05, 3.63) is 39.4 Å². The maximum absolute atomic E-state index is 12.6. The fourth-order valence-corrected chi connectivity index (χ4v) is 2.61. The van der Waals surface area contributed by atoms with Gasteiger partial charge in [0.1, 0.15) is 28.3 Å². The normalized spacial score (nSPS) is 12.8. The van der Waals surface area contributed by atoms with Gasteiger partial charge in [0.15, 0.2) is 0 Å². The number of ether oxygens (including phenoxy) is 1. The lowest BCUT2D eigenvalue weighted by Gasteiger charge is -2.18. The zero-order valence-electron chi connectivity index (χ0n) is 14.3. The molecule has 0 aromatic carbocycles. The molecule has 0 aliphatic heterocycles. The highest BCUT2D eigenvalue weighted by atomic mass is 35.5. The van der Waals surface area contributed by atoms with Crippen LogP contribution in [0.2, 0.25) is 10.0 Å². The zero-order chi connectivity index (χ0) is 19.5. The summed E-state index contributed by atoms with van der Waals surface area (Å²) in [5.41, 5.74) is -0.210. The summed E-state index contributed by atoms with van der Waals surface area (Å²) in [5, 5.41) is 3.31. The Bertz CT molecular complexity index is 787. The molecule has 26 heavy (non-hydrogen) atoms. The Morgan fingerprint density at radius 3 is 2.54 bits per heavy atom. The lowest BCUT2D eigenvalue weighted by Crippen LogP contribution is -2.25. The minimum Gasteiger partial charge on any atom is -0.474 e. The second kappa shape index (κ2) is 8.26. The van der Waals surface area contributed by atoms with Gasteiger partial charge < -0.3 is 10.1 Å². The number of hydrogen-bond acceptors (Lipinski definition) is 5. The SMILES string of the molecule is CCc1nc(C)nc(NC(C)COc2ncc(C(F)(F)F)cc2Cl)c1Cl. The van der Waals surface area contributed by atoms with Crippen LogP contribution in [0.3, 0.4) is 0 Å². The van der Waals surface area contributed by atoms with Crippen molar-refractivity contribution in [2.45, 2.75) is 39.4 Å². The molecule has 0 saturated heterocycles. The molecule has 0 fully saturated rings. The van der Waals surface area contributed by atoms with Crippen molar-refractivity contribution in [2.75, 3.05) is 11.9 Å². The molecule has 0 saturated carbocycles. The van der Waals surface area contributed by atoms with Crippen LogP contribution in [0.25, 0.3) is 0 Å². The van der Waals surface area contributed by atoms with E-state index >= 15 is 0 Å². The van der Waals surface area contributed by atoms with Crippen molar-refractivity contribution in [1.82, 2.24) is 15.0 Å². The Labute approximate surface area is 158 Å². The summed E-state index contributed by atoms with van der Waals surface area (Å²) in [7, 11) is 0. The number of aryl methyl sites for hydroxylation is 2. The van der Waals surface area contributed by atoms with Gasteiger partial charge in [0.2, 0.25) is 5.88 Å². The van der Waals surface area contributed by atoms with Crippen molar-refractivity contribution in [1.29, 1.82) is 0 Å². The first-order valence-corrected chi connectivity index (χ1v) is 8.52. The molecule has 2 heterocycles. The largest absolute Gasteiger partial charge is 0.474 e. The van der Waals surface area contributed by atoms with Crippen LogP contribution in [0, 0.1) is 6.92 Å². The van der Waals surface area contributed by atoms with Crippen LogP contribution in [0.1, 0.15) is 30.9 Å². The van der Waals surface area contributed by atoms with Crippen molar-refractivity contribution in [3.8, 4) is 5.88 Å². The molecule has 2 aromatic heterocycles. The average Bonchev–Trinajstić information content (AvgIpc) is 2.55. The molecule has 0 bridgehead atoms. The quantitative estimate of drug-likeness (QED) is 0.732. The molecule has 0 amide bonds. The van der Waals surface area contributed by atoms with Crippen LogP contribution in [-0.4, -0.2) is 27.6 Å². The minimum atomic E-state index is -4.51. The predicted molar refractivity (Wildman–Crippen MR) is 94.0 cm³/mol. The fourth-order valence-electron chi connectivity index (χ4n) is 2.11. The van der Waals surface area contributed by atoms with Gasteiger partial charge in [0.05, 0.1) is 17.3 Å². The van der Waals surface area contributed by atoms with E-state index in [1.165, 1.54) is 0 Å². The van der Waals surface area contributed by atoms with Gasteiger partial charge in [-0.3, -0.25) is 0 Å². The maximum atomic E-state index is 12.6. The van der Waals surface area contributed by atoms with E-state index in [2.05, 4.69) is 20.3 Å². The molecule has 2 rings (SSSR count). The highest BCUT2D eigenvalue weighted by Gasteiger charge is 2.31. The van der Waals surface area contributed by atoms with Crippen molar-refractivity contribution < 1.29 is 17.9 Å². The van der Waals surface area contributed by atoms with Gasteiger partial charge in [-0.15, -0.1) is 0 Å². The van der Waals surface area contributed by atoms with Gasteiger partial charge in [0.25, 0.3) is 0 Å². The number of hydrogen-bond donors (Lipinski definition) is 1. The van der Waals surface area contributed by atoms with Crippen molar-refractivity contribution >= 4 is 29.0 Å². The first kappa shape index (κ1) is 20.5. The van der Waals surface area contributed by atoms with Gasteiger partial charge in [-0.05, 0) is 26.3 Å². The third-order valence-electron chi connectivity index (χ3n) is 3.35. The number of alkyl halides is 3. The molecule has 0 radical (unpaired) electrons. The zero-order valence-corrected chi connectivity index (χ0v) is 15.8. The summed E-state index contributed by atoms with van der Waals surface area (Å²) in [6.45, 7) is 5.59. The van der Waals surface area contributed by atoms with Crippen molar-refractivity contribution in [3.63, 3.8) is 0 Å². The molecule has 1 N–H and O–H groups in total. The number of nitrogens with zero attached hydrogens (tertiary/aromatic N) is 3. The topological polar surface area (TPSA) is 59.9 Å². The molecule has 5 nitrogen and oxygen atoms in total. The van der Waals surface area contributed by atoms with Gasteiger partial charge in [-0.2, -0.15) is 13.2 Å². The Balaban J connectivity index is 2.04. The smallest absolute Gasteiger partial charge is 0.417 e. The van der Waals surface area contributed by atoms with Crippen LogP contribution in [0.15, 0.2) is 12.3 Å². The van der Waals surface area contributed by atoms with Crippen LogP contribution in [0.5, 0.6) is 5.88 Å². The summed E-state index contributed by atoms with van der Waals surface area (Å²) >= 11 is 12.1. The summed E-state index contributed by atoms with van der Waals surface area (Å²) in [6, 6.07) is 0.520. The first-order chi connectivity index (χ1) is 12.1. The third-order valence-corrected chi connectivity index (χ3v) is 4.02. The standard InChI is InChI=1S/C16H17Cl2F3N4O/c1-4-12-13(18)14(25-9(3)24-12)23-8(2)7-26-15-11(17)5-10(6-22-15)16(19,20)21/h5-6,8H,4,7H2,1-3H3,(H,23,24,25). The lowest BCUT2D eigenvalue weighted by molar-refractivity contribution is -0.137. The van der Waals surface area contributed by atoms with Gasteiger partial charge in [-0.1, -0.05) is 30.1 Å². The summed E-state index contributed by atoms with van der Waals surface area (Å²) in [5.74, 6) is 0.973. The molecule has 1 atom stereocenters. The summed E-state index contributed by atoms with van der Waals surface area (Å²) in [6.07, 6.45) is -3.17. The van der Waals surface area contributed by atoms with Gasteiger partial charge in [-0.25, -0.2) is 15.0 Å². The number of rotatable bonds is 6. The first-order valence-electron chi connectivity index (χ1n) is 7.76. The van der Waals surface area contributed by atoms with Crippen molar-refractivity contribution in [2.24, 2.45) is 0 Å². The Hall–Kier alpha value is -1.80. The molecule has 0 spiro atoms. The van der Waals surface area contributed by atoms with Gasteiger partial charge in [0, 0.05) is 6.20 Å². The van der Waals surface area contributed by atoms with Crippen LogP contribution >= 0.6 is 23.2 Å². The Morgan fingerprint density at radius 2 is 1.96 bits per heavy atom. The fraction of sp³-hybridized carbons (Fsp3) is 0.438. The number of halogens is 5. The predicted octanol–water partition coefficient (Wildman–Crippen LogP) is 4.95. The summed E-state index contributed by atoms with van der Waals surface area (Å²) < 4.78 is 43.2. The van der Waals surface area contributed by atoms with E-state index < -0.39 is 11.7 Å². The number of aromatic nitrogens is 3. The van der Waals surface area contributed by atoms with Crippen LogP contribution in [0.4, 0.5) is 19.0 Å². The second-order valence-electron chi connectivity index (χ2n) is 5.60. The minimum absolute atomic E-state index is 0.0764. The number of pyridine rings is 1. The third kappa shape index (κ3) is 5.11. The highest BCUT2D eigenvalue weighted by molar-refractivity contribution is 6.33. The molecule has 10 heteroatoms. The van der Waals surface area contributed by atoms with E-state index in [4.69, 9.17) is 27.9 Å². The van der Waals surface area contributed by atoms with E-state index in [0.29, 0.717) is 29.3 Å². The number of anilines is 1. The maximum Gasteiger partial charge on any atom is 0.417 e. The van der Waals surface area contributed by atoms with E-state index in [0.717, 1.165) is 11.8 Å². The lowest BCUT2D eigenvalue weighted by atomic mass is 10.3. The number of nitrogens with one attached hydrogen (secondary N) is 1. The average molecular weight is 409 g/mol. The Kier molecular flexibility index (Phi) is 6.52. The van der Waals surface area contributed by atoms with E-state index in [1.54, 1.807) is 13.8 Å². The monoisotopic (exact) mass is 408 g/mol. The molecule has 0 aliphatic carbocycles. The highest BCUT2D eigenvalue weighted by Crippen LogP contribution is 2.33. The summed E-state index contributed by atoms with van der Waals surface area (Å²) in [4.78, 5) is 12.1. The Morgan fingerprint density at radius 1 is 1.27 bits per heavy atom. The molecule has 142 valence electrons.